The molecular weight excluding hydrogens is 697 g/mol. The summed E-state index contributed by atoms with van der Waals surface area (Å²) in [5.74, 6) is 0. The Morgan fingerprint density at radius 1 is 0.241 bits per heavy atom. The highest BCUT2D eigenvalue weighted by molar-refractivity contribution is 5.38. The van der Waals surface area contributed by atoms with Gasteiger partial charge in [-0.05, 0) is 58.8 Å². The second kappa shape index (κ2) is 35.1. The van der Waals surface area contributed by atoms with E-state index >= 15 is 0 Å². The summed E-state index contributed by atoms with van der Waals surface area (Å²) in [5.41, 5.74) is 6.04. The van der Waals surface area contributed by atoms with Crippen LogP contribution in [0.25, 0.3) is 0 Å². The summed E-state index contributed by atoms with van der Waals surface area (Å²) in [5, 5.41) is 0. The molecule has 0 nitrogen and oxygen atoms in total. The molecule has 0 aliphatic carbocycles. The Morgan fingerprint density at radius 2 is 0.414 bits per heavy atom. The Hall–Kier alpha value is -1.56. The van der Waals surface area contributed by atoms with Crippen molar-refractivity contribution in [2.75, 3.05) is 0 Å². The third kappa shape index (κ3) is 24.6. The second-order valence-corrected chi connectivity index (χ2v) is 20.2. The van der Waals surface area contributed by atoms with Gasteiger partial charge in [0.1, 0.15) is 0 Å². The van der Waals surface area contributed by atoms with Crippen molar-refractivity contribution in [3.8, 4) is 0 Å². The molecule has 334 valence electrons. The van der Waals surface area contributed by atoms with E-state index in [1.54, 1.807) is 0 Å². The minimum Gasteiger partial charge on any atom is -0.0654 e. The third-order valence-corrected chi connectivity index (χ3v) is 14.6. The van der Waals surface area contributed by atoms with Crippen LogP contribution in [0.1, 0.15) is 295 Å². The first-order chi connectivity index (χ1) is 28.3. The average molecular weight is 799 g/mol. The zero-order chi connectivity index (χ0) is 41.8. The molecule has 2 aromatic rings. The van der Waals surface area contributed by atoms with Crippen LogP contribution in [0.4, 0.5) is 0 Å². The summed E-state index contributed by atoms with van der Waals surface area (Å²) < 4.78 is 0. The van der Waals surface area contributed by atoms with Gasteiger partial charge in [0.25, 0.3) is 0 Å². The molecule has 0 saturated heterocycles. The molecule has 0 unspecified atom stereocenters. The molecule has 0 fully saturated rings. The van der Waals surface area contributed by atoms with E-state index < -0.39 is 0 Å². The van der Waals surface area contributed by atoms with Crippen LogP contribution in [-0.4, -0.2) is 0 Å². The van der Waals surface area contributed by atoms with Gasteiger partial charge in [0.2, 0.25) is 0 Å². The molecule has 0 amide bonds. The number of hydrogen-bond acceptors (Lipinski definition) is 0. The van der Waals surface area contributed by atoms with Gasteiger partial charge in [0.05, 0.1) is 0 Å². The highest BCUT2D eigenvalue weighted by atomic mass is 14.4. The Kier molecular flexibility index (Phi) is 31.8. The number of hydrogen-bond donors (Lipinski definition) is 0. The standard InChI is InChI=1S/C58H102/c1-7-9-11-13-15-17-19-21-23-25-27-29-31-33-35-37-39-41-43-53-45-49-55(50-46-53)57(3,4)58(5,6)56-51-47-54(48-52-56)44-42-40-38-36-34-32-30-28-26-24-22-20-18-16-14-12-10-8-2/h45-52H,7-44H2,1-6H3. The summed E-state index contributed by atoms with van der Waals surface area (Å²) >= 11 is 0. The molecule has 0 heteroatoms. The molecule has 2 rings (SSSR count). The molecule has 58 heavy (non-hydrogen) atoms. The third-order valence-electron chi connectivity index (χ3n) is 14.6. The lowest BCUT2D eigenvalue weighted by Crippen LogP contribution is -2.40. The molecule has 0 bridgehead atoms. The molecule has 0 spiro atoms. The maximum atomic E-state index is 2.45. The summed E-state index contributed by atoms with van der Waals surface area (Å²) in [6.45, 7) is 14.4. The lowest BCUT2D eigenvalue weighted by molar-refractivity contribution is 0.303. The first-order valence-electron chi connectivity index (χ1n) is 26.5. The maximum absolute atomic E-state index is 2.45. The quantitative estimate of drug-likeness (QED) is 0.0588. The van der Waals surface area contributed by atoms with Gasteiger partial charge in [-0.25, -0.2) is 0 Å². The summed E-state index contributed by atoms with van der Waals surface area (Å²) in [7, 11) is 0. The van der Waals surface area contributed by atoms with Crippen LogP contribution >= 0.6 is 0 Å². The van der Waals surface area contributed by atoms with Crippen LogP contribution in [0.2, 0.25) is 0 Å². The monoisotopic (exact) mass is 799 g/mol. The van der Waals surface area contributed by atoms with Gasteiger partial charge in [0, 0.05) is 0 Å². The number of benzene rings is 2. The Balaban J connectivity index is 1.50. The molecule has 0 N–H and O–H groups in total. The lowest BCUT2D eigenvalue weighted by Gasteiger charge is -2.43. The molecular formula is C58H102. The van der Waals surface area contributed by atoms with Gasteiger partial charge in [-0.15, -0.1) is 0 Å². The van der Waals surface area contributed by atoms with Gasteiger partial charge < -0.3 is 0 Å². The van der Waals surface area contributed by atoms with Crippen molar-refractivity contribution < 1.29 is 0 Å². The number of rotatable bonds is 41. The molecule has 0 saturated carbocycles. The lowest BCUT2D eigenvalue weighted by atomic mass is 9.61. The van der Waals surface area contributed by atoms with E-state index in [-0.39, 0.29) is 10.8 Å². The van der Waals surface area contributed by atoms with Crippen LogP contribution < -0.4 is 0 Å². The first-order valence-corrected chi connectivity index (χ1v) is 26.5. The Bertz CT molecular complexity index is 1060. The van der Waals surface area contributed by atoms with Gasteiger partial charge in [-0.1, -0.05) is 308 Å². The van der Waals surface area contributed by atoms with E-state index in [1.807, 2.05) is 0 Å². The number of aryl methyl sites for hydroxylation is 2. The fourth-order valence-electron chi connectivity index (χ4n) is 9.36. The highest BCUT2D eigenvalue weighted by Crippen LogP contribution is 2.44. The topological polar surface area (TPSA) is 0 Å². The summed E-state index contributed by atoms with van der Waals surface area (Å²) in [6.07, 6.45) is 54.3. The normalized spacial score (nSPS) is 12.2. The van der Waals surface area contributed by atoms with Crippen LogP contribution in [0, 0.1) is 0 Å². The highest BCUT2D eigenvalue weighted by Gasteiger charge is 2.39. The summed E-state index contributed by atoms with van der Waals surface area (Å²) in [6, 6.07) is 19.4. The largest absolute Gasteiger partial charge is 0.0654 e. The van der Waals surface area contributed by atoms with Crippen LogP contribution in [-0.2, 0) is 23.7 Å². The van der Waals surface area contributed by atoms with Crippen LogP contribution in [0.15, 0.2) is 48.5 Å². The fraction of sp³-hybridized carbons (Fsp3) is 0.793. The molecule has 0 aliphatic heterocycles. The van der Waals surface area contributed by atoms with Gasteiger partial charge in [0.15, 0.2) is 0 Å². The first kappa shape index (κ1) is 52.6. The van der Waals surface area contributed by atoms with Crippen molar-refractivity contribution in [2.45, 2.75) is 296 Å². The zero-order valence-electron chi connectivity index (χ0n) is 40.5. The summed E-state index contributed by atoms with van der Waals surface area (Å²) in [4.78, 5) is 0. The van der Waals surface area contributed by atoms with E-state index in [4.69, 9.17) is 0 Å². The van der Waals surface area contributed by atoms with E-state index in [0.29, 0.717) is 0 Å². The van der Waals surface area contributed by atoms with E-state index in [1.165, 1.54) is 266 Å². The average Bonchev–Trinajstić information content (AvgIpc) is 3.23. The minimum absolute atomic E-state index is 0.0494. The van der Waals surface area contributed by atoms with Crippen molar-refractivity contribution in [3.63, 3.8) is 0 Å². The molecule has 0 aliphatic rings. The Labute approximate surface area is 365 Å². The van der Waals surface area contributed by atoms with E-state index in [9.17, 15) is 0 Å². The maximum Gasteiger partial charge on any atom is -0.00120 e. The van der Waals surface area contributed by atoms with Crippen molar-refractivity contribution in [2.24, 2.45) is 0 Å². The predicted molar refractivity (Wildman–Crippen MR) is 264 cm³/mol. The van der Waals surface area contributed by atoms with Gasteiger partial charge in [-0.2, -0.15) is 0 Å². The molecule has 0 heterocycles. The van der Waals surface area contributed by atoms with E-state index in [2.05, 4.69) is 90.1 Å². The SMILES string of the molecule is CCCCCCCCCCCCCCCCCCCCc1ccc(C(C)(C)C(C)(C)c2ccc(CCCCCCCCCCCCCCCCCCCC)cc2)cc1. The molecule has 0 aromatic heterocycles. The van der Waals surface area contributed by atoms with Crippen LogP contribution in [0.3, 0.4) is 0 Å². The minimum atomic E-state index is 0.0494. The Morgan fingerprint density at radius 3 is 0.603 bits per heavy atom. The molecule has 0 radical (unpaired) electrons. The van der Waals surface area contributed by atoms with Crippen molar-refractivity contribution in [1.82, 2.24) is 0 Å². The number of unbranched alkanes of at least 4 members (excludes halogenated alkanes) is 34. The fourth-order valence-corrected chi connectivity index (χ4v) is 9.36. The predicted octanol–water partition coefficient (Wildman–Crippen LogP) is 20.1. The molecule has 2 aromatic carbocycles. The van der Waals surface area contributed by atoms with E-state index in [0.717, 1.165) is 0 Å². The van der Waals surface area contributed by atoms with Crippen molar-refractivity contribution in [1.29, 1.82) is 0 Å². The smallest absolute Gasteiger partial charge is 0.00120 e. The van der Waals surface area contributed by atoms with Crippen molar-refractivity contribution in [3.05, 3.63) is 70.8 Å². The molecule has 0 atom stereocenters. The zero-order valence-corrected chi connectivity index (χ0v) is 40.5. The van der Waals surface area contributed by atoms with Crippen molar-refractivity contribution >= 4 is 0 Å². The van der Waals surface area contributed by atoms with Gasteiger partial charge in [-0.3, -0.25) is 0 Å². The van der Waals surface area contributed by atoms with Crippen LogP contribution in [0.5, 0.6) is 0 Å². The van der Waals surface area contributed by atoms with Gasteiger partial charge >= 0.3 is 0 Å². The second-order valence-electron chi connectivity index (χ2n) is 20.2.